The Bertz CT molecular complexity index is 1430. The van der Waals surface area contributed by atoms with Crippen molar-refractivity contribution in [2.75, 3.05) is 0 Å². The summed E-state index contributed by atoms with van der Waals surface area (Å²) < 4.78 is 40.3. The fourth-order valence-corrected chi connectivity index (χ4v) is 6.77. The van der Waals surface area contributed by atoms with Crippen molar-refractivity contribution in [3.8, 4) is 0 Å². The Labute approximate surface area is 284 Å². The largest absolute Gasteiger partial charge is 0.458 e. The van der Waals surface area contributed by atoms with E-state index in [1.165, 1.54) is 32.9 Å². The molecule has 15 nitrogen and oxygen atoms in total. The second-order valence-corrected chi connectivity index (χ2v) is 13.2. The zero-order valence-electron chi connectivity index (χ0n) is 29.7. The highest BCUT2D eigenvalue weighted by molar-refractivity contribution is 5.92. The number of ether oxygens (including phenoxy) is 7. The van der Waals surface area contributed by atoms with Crippen molar-refractivity contribution in [1.29, 1.82) is 0 Å². The molecule has 0 heterocycles. The molecule has 0 aromatic heterocycles. The van der Waals surface area contributed by atoms with Gasteiger partial charge in [0.1, 0.15) is 12.2 Å². The van der Waals surface area contributed by atoms with Gasteiger partial charge in [-0.2, -0.15) is 0 Å². The molecule has 0 amide bonds. The van der Waals surface area contributed by atoms with Gasteiger partial charge in [-0.3, -0.25) is 38.4 Å². The van der Waals surface area contributed by atoms with Gasteiger partial charge in [0.05, 0.1) is 5.92 Å². The molecule has 272 valence electrons. The third-order valence-corrected chi connectivity index (χ3v) is 8.30. The van der Waals surface area contributed by atoms with Crippen LogP contribution in [0.1, 0.15) is 82.6 Å². The van der Waals surface area contributed by atoms with E-state index in [9.17, 15) is 38.4 Å². The van der Waals surface area contributed by atoms with Crippen LogP contribution in [0.5, 0.6) is 0 Å². The van der Waals surface area contributed by atoms with E-state index in [2.05, 4.69) is 6.58 Å². The van der Waals surface area contributed by atoms with E-state index >= 15 is 0 Å². The molecule has 15 heteroatoms. The average Bonchev–Trinajstić information content (AvgIpc) is 3.14. The minimum absolute atomic E-state index is 0.370. The Morgan fingerprint density at radius 2 is 1.06 bits per heavy atom. The first-order valence-corrected chi connectivity index (χ1v) is 15.6. The van der Waals surface area contributed by atoms with Crippen LogP contribution >= 0.6 is 0 Å². The third kappa shape index (κ3) is 9.33. The van der Waals surface area contributed by atoms with Crippen molar-refractivity contribution in [3.63, 3.8) is 0 Å². The maximum Gasteiger partial charge on any atom is 0.303 e. The summed E-state index contributed by atoms with van der Waals surface area (Å²) in [7, 11) is 0. The predicted molar refractivity (Wildman–Crippen MR) is 167 cm³/mol. The number of hydrogen-bond acceptors (Lipinski definition) is 15. The fraction of sp³-hybridized carbons (Fsp3) is 0.647. The molecule has 0 unspecified atom stereocenters. The van der Waals surface area contributed by atoms with Gasteiger partial charge in [-0.25, -0.2) is 0 Å². The van der Waals surface area contributed by atoms with Crippen LogP contribution in [0.25, 0.3) is 0 Å². The van der Waals surface area contributed by atoms with E-state index in [0.717, 1.165) is 48.5 Å². The summed E-state index contributed by atoms with van der Waals surface area (Å²) in [5, 5.41) is 0. The summed E-state index contributed by atoms with van der Waals surface area (Å²) in [4.78, 5) is 103. The first kappa shape index (κ1) is 40.6. The van der Waals surface area contributed by atoms with Crippen molar-refractivity contribution in [3.05, 3.63) is 24.3 Å². The number of hydrogen-bond donors (Lipinski definition) is 0. The number of Topliss-reactive ketones (excluding diaryl/α,β-unsaturated/α-hetero) is 1. The molecule has 1 saturated carbocycles. The van der Waals surface area contributed by atoms with Crippen molar-refractivity contribution in [2.24, 2.45) is 17.3 Å². The number of carbonyl (C=O) groups is 8. The van der Waals surface area contributed by atoms with Gasteiger partial charge in [0.2, 0.25) is 6.10 Å². The van der Waals surface area contributed by atoms with E-state index in [4.69, 9.17) is 33.2 Å². The summed E-state index contributed by atoms with van der Waals surface area (Å²) in [5.74, 6) is -9.66. The van der Waals surface area contributed by atoms with Gasteiger partial charge < -0.3 is 33.2 Å². The molecule has 2 rings (SSSR count). The zero-order chi connectivity index (χ0) is 37.8. The minimum atomic E-state index is -2.15. The lowest BCUT2D eigenvalue weighted by molar-refractivity contribution is -0.212. The topological polar surface area (TPSA) is 201 Å². The second-order valence-electron chi connectivity index (χ2n) is 13.2. The summed E-state index contributed by atoms with van der Waals surface area (Å²) in [6.07, 6.45) is -6.19. The van der Waals surface area contributed by atoms with E-state index < -0.39 is 113 Å². The lowest BCUT2D eigenvalue weighted by atomic mass is 9.71. The van der Waals surface area contributed by atoms with Crippen LogP contribution in [0.3, 0.4) is 0 Å². The summed E-state index contributed by atoms with van der Waals surface area (Å²) in [6, 6.07) is 0. The summed E-state index contributed by atoms with van der Waals surface area (Å²) in [6.45, 7) is 17.4. The van der Waals surface area contributed by atoms with Crippen LogP contribution in [0.2, 0.25) is 0 Å². The molecule has 0 radical (unpaired) electrons. The van der Waals surface area contributed by atoms with Crippen LogP contribution < -0.4 is 0 Å². The van der Waals surface area contributed by atoms with Crippen molar-refractivity contribution in [2.45, 2.75) is 124 Å². The van der Waals surface area contributed by atoms with Crippen molar-refractivity contribution in [1.82, 2.24) is 0 Å². The molecule has 2 aliphatic rings. The Balaban J connectivity index is 3.32. The third-order valence-electron chi connectivity index (χ3n) is 8.30. The molecule has 1 fully saturated rings. The van der Waals surface area contributed by atoms with Crippen LogP contribution in [-0.2, 0) is 71.5 Å². The van der Waals surface area contributed by atoms with Gasteiger partial charge in [0.25, 0.3) is 0 Å². The standard InChI is InChI=1S/C34H46O15/c1-16-13-14-32(10,11)29(42)28(45-20(5)37)27(44-19(4)36)17(2)26(43-18(3)35)25-31(47-22(7)39)33(12,48-23(8)40)15-34(25,49-24(9)41)30(16)46-21(6)38/h13-14,16,25-28,30-31H,2,15H2,1,3-12H3/b14-13+/t16-,25+,26-,27+,28+,30-,31-,33-,34-/m1/s1. The fourth-order valence-electron chi connectivity index (χ4n) is 6.77. The molecule has 0 spiro atoms. The monoisotopic (exact) mass is 694 g/mol. The molecule has 0 saturated heterocycles. The molecule has 0 bridgehead atoms. The van der Waals surface area contributed by atoms with E-state index in [1.54, 1.807) is 6.92 Å². The Hall–Kier alpha value is -4.56. The number of carbonyl (C=O) groups excluding carboxylic acids is 8. The smallest absolute Gasteiger partial charge is 0.303 e. The zero-order valence-corrected chi connectivity index (χ0v) is 29.7. The van der Waals surface area contributed by atoms with Gasteiger partial charge in [0, 0.05) is 71.8 Å². The Morgan fingerprint density at radius 3 is 1.51 bits per heavy atom. The lowest BCUT2D eigenvalue weighted by Gasteiger charge is -2.46. The minimum Gasteiger partial charge on any atom is -0.458 e. The number of allylic oxidation sites excluding steroid dienone is 1. The van der Waals surface area contributed by atoms with Crippen LogP contribution in [-0.4, -0.2) is 89.3 Å². The lowest BCUT2D eigenvalue weighted by Crippen LogP contribution is -2.60. The van der Waals surface area contributed by atoms with Crippen molar-refractivity contribution >= 4 is 47.6 Å². The molecule has 49 heavy (non-hydrogen) atoms. The van der Waals surface area contributed by atoms with Crippen LogP contribution in [0.15, 0.2) is 24.3 Å². The highest BCUT2D eigenvalue weighted by atomic mass is 16.6. The summed E-state index contributed by atoms with van der Waals surface area (Å²) >= 11 is 0. The molecule has 0 aromatic rings. The normalized spacial score (nSPS) is 33.2. The number of esters is 7. The molecular formula is C34H46O15. The molecule has 9 atom stereocenters. The van der Waals surface area contributed by atoms with Gasteiger partial charge in [0.15, 0.2) is 29.2 Å². The molecule has 2 aliphatic carbocycles. The summed E-state index contributed by atoms with van der Waals surface area (Å²) in [5.41, 5.74) is -5.84. The first-order chi connectivity index (χ1) is 22.4. The number of fused-ring (bicyclic) bond motifs is 1. The van der Waals surface area contributed by atoms with E-state index in [1.807, 2.05) is 0 Å². The van der Waals surface area contributed by atoms with Crippen LogP contribution in [0.4, 0.5) is 0 Å². The highest BCUT2D eigenvalue weighted by Crippen LogP contribution is 2.56. The quantitative estimate of drug-likeness (QED) is 0.214. The van der Waals surface area contributed by atoms with E-state index in [-0.39, 0.29) is 5.57 Å². The Morgan fingerprint density at radius 1 is 0.633 bits per heavy atom. The first-order valence-electron chi connectivity index (χ1n) is 15.6. The maximum absolute atomic E-state index is 14.2. The second kappa shape index (κ2) is 15.3. The van der Waals surface area contributed by atoms with Gasteiger partial charge in [-0.15, -0.1) is 0 Å². The van der Waals surface area contributed by atoms with Gasteiger partial charge in [-0.05, 0) is 20.8 Å². The van der Waals surface area contributed by atoms with Gasteiger partial charge >= 0.3 is 41.8 Å². The highest BCUT2D eigenvalue weighted by Gasteiger charge is 2.72. The average molecular weight is 695 g/mol. The predicted octanol–water partition coefficient (Wildman–Crippen LogP) is 2.65. The maximum atomic E-state index is 14.2. The van der Waals surface area contributed by atoms with Crippen molar-refractivity contribution < 1.29 is 71.5 Å². The SMILES string of the molecule is C=C1[C@@H](OC(C)=O)[C@H]2[C@@H](OC(C)=O)[C@](C)(OC(C)=O)C[C@]2(OC(C)=O)[C@H](OC(C)=O)[C@H](C)/C=C/C(C)(C)C(=O)[C@@H](OC(C)=O)[C@H]1OC(C)=O. The Kier molecular flexibility index (Phi) is 12.7. The molecule has 0 aliphatic heterocycles. The van der Waals surface area contributed by atoms with E-state index in [0.29, 0.717) is 0 Å². The van der Waals surface area contributed by atoms with Gasteiger partial charge in [-0.1, -0.05) is 25.7 Å². The number of rotatable bonds is 7. The molecular weight excluding hydrogens is 648 g/mol. The molecule has 0 aromatic carbocycles. The van der Waals surface area contributed by atoms with Crippen LogP contribution in [0, 0.1) is 17.3 Å². The number of ketones is 1. The molecule has 0 N–H and O–H groups in total.